The highest BCUT2D eigenvalue weighted by Crippen LogP contribution is 2.35. The summed E-state index contributed by atoms with van der Waals surface area (Å²) in [5, 5.41) is 0. The van der Waals surface area contributed by atoms with E-state index in [-0.39, 0.29) is 6.54 Å². The van der Waals surface area contributed by atoms with Crippen molar-refractivity contribution >= 4 is 10.0 Å². The van der Waals surface area contributed by atoms with Gasteiger partial charge in [-0.1, -0.05) is 78.4 Å². The second-order valence-electron chi connectivity index (χ2n) is 7.52. The Balaban J connectivity index is 1.71. The van der Waals surface area contributed by atoms with Gasteiger partial charge in [-0.3, -0.25) is 0 Å². The summed E-state index contributed by atoms with van der Waals surface area (Å²) >= 11 is 0. The standard InChI is InChI=1S/C24H25NO3S/c1-20-12-14-23(15-13-20)29(26,27)25-16-17-28-24(19-25,22-10-6-3-7-11-22)18-21-8-4-2-5-9-21/h2-15H,16-19H2,1H3/t24-/m0/s1. The van der Waals surface area contributed by atoms with Gasteiger partial charge in [0.2, 0.25) is 10.0 Å². The predicted octanol–water partition coefficient (Wildman–Crippen LogP) is 4.15. The fourth-order valence-corrected chi connectivity index (χ4v) is 5.34. The minimum Gasteiger partial charge on any atom is -0.367 e. The maximum atomic E-state index is 13.3. The molecule has 0 amide bonds. The molecule has 29 heavy (non-hydrogen) atoms. The number of morpholine rings is 1. The van der Waals surface area contributed by atoms with Crippen molar-refractivity contribution in [3.05, 3.63) is 102 Å². The quantitative estimate of drug-likeness (QED) is 0.638. The lowest BCUT2D eigenvalue weighted by Crippen LogP contribution is -2.52. The van der Waals surface area contributed by atoms with Gasteiger partial charge < -0.3 is 4.74 Å². The van der Waals surface area contributed by atoms with E-state index in [1.54, 1.807) is 16.4 Å². The summed E-state index contributed by atoms with van der Waals surface area (Å²) in [5.74, 6) is 0. The van der Waals surface area contributed by atoms with Crippen LogP contribution in [0, 0.1) is 6.92 Å². The van der Waals surface area contributed by atoms with E-state index in [2.05, 4.69) is 12.1 Å². The fourth-order valence-electron chi connectivity index (χ4n) is 3.87. The van der Waals surface area contributed by atoms with Crippen LogP contribution in [0.15, 0.2) is 89.8 Å². The molecule has 1 heterocycles. The maximum Gasteiger partial charge on any atom is 0.243 e. The molecule has 0 aromatic heterocycles. The molecule has 1 aliphatic rings. The number of hydrogen-bond acceptors (Lipinski definition) is 3. The van der Waals surface area contributed by atoms with Crippen molar-refractivity contribution in [2.24, 2.45) is 0 Å². The van der Waals surface area contributed by atoms with Gasteiger partial charge in [0.1, 0.15) is 5.60 Å². The van der Waals surface area contributed by atoms with Gasteiger partial charge in [-0.15, -0.1) is 0 Å². The van der Waals surface area contributed by atoms with Crippen LogP contribution in [0.2, 0.25) is 0 Å². The number of hydrogen-bond donors (Lipinski definition) is 0. The monoisotopic (exact) mass is 407 g/mol. The Morgan fingerprint density at radius 1 is 0.897 bits per heavy atom. The molecule has 4 nitrogen and oxygen atoms in total. The lowest BCUT2D eigenvalue weighted by Gasteiger charge is -2.42. The van der Waals surface area contributed by atoms with Crippen molar-refractivity contribution in [3.8, 4) is 0 Å². The van der Waals surface area contributed by atoms with Crippen molar-refractivity contribution in [1.29, 1.82) is 0 Å². The summed E-state index contributed by atoms with van der Waals surface area (Å²) < 4.78 is 34.6. The summed E-state index contributed by atoms with van der Waals surface area (Å²) in [6, 6.07) is 27.1. The zero-order valence-corrected chi connectivity index (χ0v) is 17.3. The molecule has 0 unspecified atom stereocenters. The Hall–Kier alpha value is -2.47. The van der Waals surface area contributed by atoms with Gasteiger partial charge in [0.05, 0.1) is 11.5 Å². The van der Waals surface area contributed by atoms with Crippen molar-refractivity contribution < 1.29 is 13.2 Å². The molecule has 1 atom stereocenters. The molecule has 0 saturated carbocycles. The van der Waals surface area contributed by atoms with E-state index in [0.29, 0.717) is 24.5 Å². The highest BCUT2D eigenvalue weighted by atomic mass is 32.2. The maximum absolute atomic E-state index is 13.3. The molecular formula is C24H25NO3S. The number of aryl methyl sites for hydroxylation is 1. The lowest BCUT2D eigenvalue weighted by atomic mass is 9.86. The van der Waals surface area contributed by atoms with Gasteiger partial charge in [0, 0.05) is 19.5 Å². The van der Waals surface area contributed by atoms with E-state index in [9.17, 15) is 8.42 Å². The molecule has 150 valence electrons. The molecule has 1 aliphatic heterocycles. The first-order valence-electron chi connectivity index (χ1n) is 9.80. The van der Waals surface area contributed by atoms with Crippen LogP contribution < -0.4 is 0 Å². The predicted molar refractivity (Wildman–Crippen MR) is 114 cm³/mol. The molecule has 0 radical (unpaired) electrons. The first-order valence-corrected chi connectivity index (χ1v) is 11.2. The summed E-state index contributed by atoms with van der Waals surface area (Å²) in [6.45, 7) is 2.93. The number of sulfonamides is 1. The number of rotatable bonds is 5. The third-order valence-corrected chi connectivity index (χ3v) is 7.30. The van der Waals surface area contributed by atoms with Gasteiger partial charge in [0.25, 0.3) is 0 Å². The molecule has 1 fully saturated rings. The summed E-state index contributed by atoms with van der Waals surface area (Å²) in [5.41, 5.74) is 2.42. The Morgan fingerprint density at radius 2 is 1.52 bits per heavy atom. The van der Waals surface area contributed by atoms with E-state index in [0.717, 1.165) is 16.7 Å². The average molecular weight is 408 g/mol. The van der Waals surface area contributed by atoms with Crippen LogP contribution in [-0.2, 0) is 26.8 Å². The summed E-state index contributed by atoms with van der Waals surface area (Å²) in [4.78, 5) is 0.326. The zero-order chi connectivity index (χ0) is 20.3. The van der Waals surface area contributed by atoms with Crippen molar-refractivity contribution in [2.45, 2.75) is 23.8 Å². The summed E-state index contributed by atoms with van der Waals surface area (Å²) in [7, 11) is -3.60. The van der Waals surface area contributed by atoms with E-state index in [1.165, 1.54) is 0 Å². The first kappa shape index (κ1) is 19.8. The normalized spacial score (nSPS) is 20.4. The topological polar surface area (TPSA) is 46.6 Å². The van der Waals surface area contributed by atoms with Crippen LogP contribution >= 0.6 is 0 Å². The molecule has 1 saturated heterocycles. The second kappa shape index (κ2) is 8.11. The van der Waals surface area contributed by atoms with E-state index in [4.69, 9.17) is 4.74 Å². The molecule has 3 aromatic rings. The number of ether oxygens (including phenoxy) is 1. The third-order valence-electron chi connectivity index (χ3n) is 5.44. The van der Waals surface area contributed by atoms with Crippen molar-refractivity contribution in [3.63, 3.8) is 0 Å². The smallest absolute Gasteiger partial charge is 0.243 e. The van der Waals surface area contributed by atoms with Crippen LogP contribution in [0.3, 0.4) is 0 Å². The Labute approximate surface area is 172 Å². The van der Waals surface area contributed by atoms with Gasteiger partial charge in [-0.25, -0.2) is 8.42 Å². The minimum atomic E-state index is -3.60. The first-order chi connectivity index (χ1) is 14.0. The fraction of sp³-hybridized carbons (Fsp3) is 0.250. The van der Waals surface area contributed by atoms with Crippen LogP contribution in [0.4, 0.5) is 0 Å². The van der Waals surface area contributed by atoms with Crippen molar-refractivity contribution in [1.82, 2.24) is 4.31 Å². The number of benzene rings is 3. The number of nitrogens with zero attached hydrogens (tertiary/aromatic N) is 1. The van der Waals surface area contributed by atoms with Crippen LogP contribution in [-0.4, -0.2) is 32.4 Å². The van der Waals surface area contributed by atoms with Crippen molar-refractivity contribution in [2.75, 3.05) is 19.7 Å². The molecule has 0 N–H and O–H groups in total. The highest BCUT2D eigenvalue weighted by Gasteiger charge is 2.42. The van der Waals surface area contributed by atoms with Crippen LogP contribution in [0.1, 0.15) is 16.7 Å². The van der Waals surface area contributed by atoms with Gasteiger partial charge in [0.15, 0.2) is 0 Å². The molecule has 4 rings (SSSR count). The molecule has 5 heteroatoms. The van der Waals surface area contributed by atoms with E-state index in [1.807, 2.05) is 67.6 Å². The molecule has 3 aromatic carbocycles. The zero-order valence-electron chi connectivity index (χ0n) is 16.5. The Kier molecular flexibility index (Phi) is 5.54. The molecule has 0 bridgehead atoms. The van der Waals surface area contributed by atoms with Crippen LogP contribution in [0.25, 0.3) is 0 Å². The third kappa shape index (κ3) is 4.13. The van der Waals surface area contributed by atoms with Crippen LogP contribution in [0.5, 0.6) is 0 Å². The van der Waals surface area contributed by atoms with E-state index >= 15 is 0 Å². The molecule has 0 aliphatic carbocycles. The minimum absolute atomic E-state index is 0.280. The van der Waals surface area contributed by atoms with Gasteiger partial charge in [-0.05, 0) is 30.2 Å². The molecular weight excluding hydrogens is 382 g/mol. The SMILES string of the molecule is Cc1ccc(S(=O)(=O)N2CCO[C@](Cc3ccccc3)(c3ccccc3)C2)cc1. The highest BCUT2D eigenvalue weighted by molar-refractivity contribution is 7.89. The molecule has 0 spiro atoms. The average Bonchev–Trinajstić information content (AvgIpc) is 2.75. The second-order valence-corrected chi connectivity index (χ2v) is 9.46. The van der Waals surface area contributed by atoms with Gasteiger partial charge >= 0.3 is 0 Å². The van der Waals surface area contributed by atoms with E-state index < -0.39 is 15.6 Å². The largest absolute Gasteiger partial charge is 0.367 e. The Bertz CT molecular complexity index is 1050. The Morgan fingerprint density at radius 3 is 2.17 bits per heavy atom. The summed E-state index contributed by atoms with van der Waals surface area (Å²) in [6.07, 6.45) is 0.609. The van der Waals surface area contributed by atoms with Gasteiger partial charge in [-0.2, -0.15) is 4.31 Å². The lowest BCUT2D eigenvalue weighted by molar-refractivity contribution is -0.0946.